The Balaban J connectivity index is 1.10. The normalized spacial score (nSPS) is 21.6. The molecule has 58 heavy (non-hydrogen) atoms. The van der Waals surface area contributed by atoms with Crippen molar-refractivity contribution in [2.24, 2.45) is 5.92 Å². The molecule has 5 aromatic rings. The van der Waals surface area contributed by atoms with E-state index in [1.807, 2.05) is 91.9 Å². The molecule has 12 heteroatoms. The summed E-state index contributed by atoms with van der Waals surface area (Å²) >= 11 is 6.12. The van der Waals surface area contributed by atoms with E-state index in [9.17, 15) is 23.4 Å². The third-order valence-corrected chi connectivity index (χ3v) is 13.0. The third-order valence-electron chi connectivity index (χ3n) is 11.3. The number of ether oxygens (including phenoxy) is 2. The lowest BCUT2D eigenvalue weighted by atomic mass is 9.84. The summed E-state index contributed by atoms with van der Waals surface area (Å²) in [5.41, 5.74) is 4.54. The minimum Gasteiger partial charge on any atom is -0.392 e. The van der Waals surface area contributed by atoms with Crippen LogP contribution in [0.1, 0.15) is 65.5 Å². The Kier molecular flexibility index (Phi) is 13.1. The molecule has 5 aromatic carbocycles. The molecule has 1 amide bonds. The van der Waals surface area contributed by atoms with E-state index in [-0.39, 0.29) is 36.0 Å². The second kappa shape index (κ2) is 18.2. The van der Waals surface area contributed by atoms with E-state index in [4.69, 9.17) is 21.1 Å². The van der Waals surface area contributed by atoms with Gasteiger partial charge in [0.1, 0.15) is 6.04 Å². The molecule has 2 aliphatic heterocycles. The van der Waals surface area contributed by atoms with Crippen LogP contribution in [0.2, 0.25) is 5.02 Å². The van der Waals surface area contributed by atoms with Gasteiger partial charge in [-0.15, -0.1) is 0 Å². The van der Waals surface area contributed by atoms with Gasteiger partial charge < -0.3 is 29.9 Å². The second-order valence-electron chi connectivity index (χ2n) is 15.5. The number of piperidine rings is 1. The van der Waals surface area contributed by atoms with Crippen molar-refractivity contribution < 1.29 is 32.9 Å². The highest BCUT2D eigenvalue weighted by molar-refractivity contribution is 7.89. The number of sulfonamides is 1. The molecule has 7 rings (SSSR count). The number of anilines is 1. The number of aryl methyl sites for hydroxylation is 1. The SMILES string of the molecule is Cc1ccc(S(=O)(=O)N[C@H](Cc2ccccc2)C(=O)Nc2cccc([C@H]3O[C@@H](CN4CCC(O)(c5ccc(Cl)cc5)CC4)[C@@H](C)[C@@H](c4ccc(CO)cc4)O3)c2)cc1. The van der Waals surface area contributed by atoms with Gasteiger partial charge in [0, 0.05) is 41.8 Å². The van der Waals surface area contributed by atoms with Crippen molar-refractivity contribution >= 4 is 33.2 Å². The van der Waals surface area contributed by atoms with Gasteiger partial charge in [0.05, 0.1) is 29.3 Å². The van der Waals surface area contributed by atoms with Gasteiger partial charge in [-0.25, -0.2) is 8.42 Å². The summed E-state index contributed by atoms with van der Waals surface area (Å²) in [5, 5.41) is 24.8. The summed E-state index contributed by atoms with van der Waals surface area (Å²) in [7, 11) is -4.03. The zero-order chi connectivity index (χ0) is 40.9. The van der Waals surface area contributed by atoms with E-state index in [0.717, 1.165) is 27.8 Å². The van der Waals surface area contributed by atoms with Crippen molar-refractivity contribution in [1.82, 2.24) is 9.62 Å². The summed E-state index contributed by atoms with van der Waals surface area (Å²) in [4.78, 5) is 16.4. The van der Waals surface area contributed by atoms with E-state index < -0.39 is 33.9 Å². The molecule has 2 heterocycles. The molecule has 0 spiro atoms. The highest BCUT2D eigenvalue weighted by Gasteiger charge is 2.41. The molecule has 2 saturated heterocycles. The molecule has 304 valence electrons. The monoisotopic (exact) mass is 823 g/mol. The molecule has 0 bridgehead atoms. The van der Waals surface area contributed by atoms with E-state index in [0.29, 0.717) is 48.7 Å². The number of aliphatic hydroxyl groups excluding tert-OH is 1. The number of aliphatic hydroxyl groups is 2. The lowest BCUT2D eigenvalue weighted by molar-refractivity contribution is -0.277. The summed E-state index contributed by atoms with van der Waals surface area (Å²) < 4.78 is 43.1. The fraction of sp³-hybridized carbons (Fsp3) is 0.326. The van der Waals surface area contributed by atoms with Gasteiger partial charge in [-0.2, -0.15) is 4.72 Å². The molecule has 0 radical (unpaired) electrons. The maximum Gasteiger partial charge on any atom is 0.242 e. The van der Waals surface area contributed by atoms with Crippen molar-refractivity contribution in [3.63, 3.8) is 0 Å². The summed E-state index contributed by atoms with van der Waals surface area (Å²) in [6.45, 7) is 5.88. The van der Waals surface area contributed by atoms with Gasteiger partial charge in [-0.3, -0.25) is 4.79 Å². The number of nitrogens with zero attached hydrogens (tertiary/aromatic N) is 1. The minimum absolute atomic E-state index is 0.0588. The number of halogens is 1. The molecule has 0 saturated carbocycles. The van der Waals surface area contributed by atoms with E-state index in [1.165, 1.54) is 12.1 Å². The number of hydrogen-bond acceptors (Lipinski definition) is 8. The molecular weight excluding hydrogens is 774 g/mol. The first-order chi connectivity index (χ1) is 27.9. The molecule has 0 unspecified atom stereocenters. The number of nitrogens with one attached hydrogen (secondary N) is 2. The predicted molar refractivity (Wildman–Crippen MR) is 224 cm³/mol. The van der Waals surface area contributed by atoms with Crippen LogP contribution < -0.4 is 10.0 Å². The Bertz CT molecular complexity index is 2250. The van der Waals surface area contributed by atoms with Crippen LogP contribution in [0, 0.1) is 12.8 Å². The number of rotatable bonds is 13. The Labute approximate surface area is 345 Å². The average Bonchev–Trinajstić information content (AvgIpc) is 3.23. The van der Waals surface area contributed by atoms with Crippen molar-refractivity contribution in [2.45, 2.75) is 74.8 Å². The molecular formula is C46H50ClN3O7S. The number of carbonyl (C=O) groups is 1. The maximum absolute atomic E-state index is 14.0. The van der Waals surface area contributed by atoms with Crippen molar-refractivity contribution in [1.29, 1.82) is 0 Å². The summed E-state index contributed by atoms with van der Waals surface area (Å²) in [6.07, 6.45) is -0.136. The van der Waals surface area contributed by atoms with Gasteiger partial charge in [-0.05, 0) is 84.8 Å². The van der Waals surface area contributed by atoms with Crippen molar-refractivity contribution in [3.8, 4) is 0 Å². The van der Waals surface area contributed by atoms with Crippen LogP contribution in [-0.2, 0) is 42.9 Å². The smallest absolute Gasteiger partial charge is 0.242 e. The first kappa shape index (κ1) is 41.7. The van der Waals surface area contributed by atoms with Gasteiger partial charge in [0.15, 0.2) is 6.29 Å². The highest BCUT2D eigenvalue weighted by atomic mass is 35.5. The predicted octanol–water partition coefficient (Wildman–Crippen LogP) is 7.44. The fourth-order valence-corrected chi connectivity index (χ4v) is 9.06. The molecule has 2 fully saturated rings. The van der Waals surface area contributed by atoms with Gasteiger partial charge >= 0.3 is 0 Å². The molecule has 10 nitrogen and oxygen atoms in total. The molecule has 5 atom stereocenters. The largest absolute Gasteiger partial charge is 0.392 e. The van der Waals surface area contributed by atoms with Crippen LogP contribution in [0.4, 0.5) is 5.69 Å². The lowest BCUT2D eigenvalue weighted by Crippen LogP contribution is -2.49. The minimum atomic E-state index is -4.03. The van der Waals surface area contributed by atoms with Crippen LogP contribution in [0.15, 0.2) is 132 Å². The summed E-state index contributed by atoms with van der Waals surface area (Å²) in [6, 6.07) is 37.0. The second-order valence-corrected chi connectivity index (χ2v) is 17.6. The Morgan fingerprint density at radius 2 is 1.55 bits per heavy atom. The van der Waals surface area contributed by atoms with E-state index in [1.54, 1.807) is 30.3 Å². The molecule has 2 aliphatic rings. The number of carbonyl (C=O) groups excluding carboxylic acids is 1. The van der Waals surface area contributed by atoms with Gasteiger partial charge in [-0.1, -0.05) is 115 Å². The summed E-state index contributed by atoms with van der Waals surface area (Å²) in [5.74, 6) is -0.573. The average molecular weight is 824 g/mol. The number of amides is 1. The first-order valence-electron chi connectivity index (χ1n) is 19.6. The Hall–Kier alpha value is -4.43. The third kappa shape index (κ3) is 10.0. The zero-order valence-electron chi connectivity index (χ0n) is 32.6. The number of benzene rings is 5. The molecule has 0 aliphatic carbocycles. The zero-order valence-corrected chi connectivity index (χ0v) is 34.2. The Morgan fingerprint density at radius 3 is 2.22 bits per heavy atom. The van der Waals surface area contributed by atoms with Crippen LogP contribution >= 0.6 is 11.6 Å². The number of likely N-dealkylation sites (tertiary alicyclic amines) is 1. The quantitative estimate of drug-likeness (QED) is 0.0962. The van der Waals surface area contributed by atoms with Crippen LogP contribution in [0.5, 0.6) is 0 Å². The lowest BCUT2D eigenvalue weighted by Gasteiger charge is -2.45. The van der Waals surface area contributed by atoms with Gasteiger partial charge in [0.2, 0.25) is 15.9 Å². The first-order valence-corrected chi connectivity index (χ1v) is 21.5. The van der Waals surface area contributed by atoms with E-state index >= 15 is 0 Å². The fourth-order valence-electron chi connectivity index (χ4n) is 7.74. The number of hydrogen-bond donors (Lipinski definition) is 4. The highest BCUT2D eigenvalue weighted by Crippen LogP contribution is 2.43. The maximum atomic E-state index is 14.0. The van der Waals surface area contributed by atoms with Crippen LogP contribution in [-0.4, -0.2) is 61.2 Å². The van der Waals surface area contributed by atoms with Gasteiger partial charge in [0.25, 0.3) is 0 Å². The van der Waals surface area contributed by atoms with Crippen LogP contribution in [0.25, 0.3) is 0 Å². The standard InChI is InChI=1S/C46H50ClN3O7S/c1-31-11-21-40(22-12-31)58(54,55)49-41(27-33-7-4-3-5-8-33)44(52)48-39-10-6-9-36(28-39)45-56-42(32(2)43(57-45)35-15-13-34(30-51)14-16-35)29-50-25-23-46(53,24-26-50)37-17-19-38(47)20-18-37/h3-22,28,32,41-43,45,49,51,53H,23-27,29-30H2,1-2H3,(H,48,52)/t32-,41-,42+,43+,45+/m1/s1. The van der Waals surface area contributed by atoms with Crippen molar-refractivity contribution in [3.05, 3.63) is 166 Å². The topological polar surface area (TPSA) is 137 Å². The van der Waals surface area contributed by atoms with Crippen LogP contribution in [0.3, 0.4) is 0 Å². The van der Waals surface area contributed by atoms with E-state index in [2.05, 4.69) is 21.9 Å². The molecule has 4 N–H and O–H groups in total. The van der Waals surface area contributed by atoms with Crippen molar-refractivity contribution in [2.75, 3.05) is 25.0 Å². The molecule has 0 aromatic heterocycles. The Morgan fingerprint density at radius 1 is 0.862 bits per heavy atom.